The Morgan fingerprint density at radius 1 is 0.840 bits per heavy atom. The number of rotatable bonds is 3. The van der Waals surface area contributed by atoms with Gasteiger partial charge in [-0.05, 0) is 29.3 Å². The summed E-state index contributed by atoms with van der Waals surface area (Å²) in [4.78, 5) is 7.61. The van der Waals surface area contributed by atoms with Gasteiger partial charge in [0, 0.05) is 60.5 Å². The van der Waals surface area contributed by atoms with Crippen molar-refractivity contribution in [3.05, 3.63) is 85.2 Å². The van der Waals surface area contributed by atoms with Gasteiger partial charge in [-0.1, -0.05) is 30.3 Å². The normalized spacial score (nSPS) is 10.2. The largest absolute Gasteiger partial charge is 0.534 e. The van der Waals surface area contributed by atoms with Crippen LogP contribution in [0.5, 0.6) is 5.75 Å². The van der Waals surface area contributed by atoms with Gasteiger partial charge < -0.3 is 10.1 Å². The zero-order chi connectivity index (χ0) is 16.4. The number of aromatic amines is 1. The Morgan fingerprint density at radius 3 is 2.32 bits per heavy atom. The van der Waals surface area contributed by atoms with Gasteiger partial charge in [0.2, 0.25) is 0 Å². The summed E-state index contributed by atoms with van der Waals surface area (Å²) in [6, 6.07) is 24.4. The number of nitrogens with zero attached hydrogens (tertiary/aromatic N) is 1. The fourth-order valence-electron chi connectivity index (χ4n) is 2.82. The van der Waals surface area contributed by atoms with Gasteiger partial charge in [0.15, 0.2) is 0 Å². The summed E-state index contributed by atoms with van der Waals surface area (Å²) in [6.07, 6.45) is 3.55. The quantitative estimate of drug-likeness (QED) is 0.357. The van der Waals surface area contributed by atoms with E-state index in [4.69, 9.17) is 0 Å². The van der Waals surface area contributed by atoms with Crippen molar-refractivity contribution in [1.82, 2.24) is 9.97 Å². The minimum atomic E-state index is 0. The van der Waals surface area contributed by atoms with Crippen LogP contribution in [0.25, 0.3) is 33.6 Å². The summed E-state index contributed by atoms with van der Waals surface area (Å²) in [5.74, 6) is 0.135. The number of nitrogens with one attached hydrogen (secondary N) is 1. The zero-order valence-corrected chi connectivity index (χ0v) is 17.6. The summed E-state index contributed by atoms with van der Waals surface area (Å²) in [5, 5.41) is 9.78. The van der Waals surface area contributed by atoms with E-state index in [-0.39, 0.29) is 36.9 Å². The number of pyridine rings is 1. The van der Waals surface area contributed by atoms with E-state index < -0.39 is 0 Å². The Hall–Kier alpha value is -2.28. The Morgan fingerprint density at radius 2 is 1.60 bits per heavy atom. The van der Waals surface area contributed by atoms with Crippen molar-refractivity contribution < 1.29 is 36.2 Å². The topological polar surface area (TPSA) is 48.9 Å². The van der Waals surface area contributed by atoms with E-state index in [2.05, 4.69) is 34.2 Å². The summed E-state index contributed by atoms with van der Waals surface area (Å²) < 4.78 is 0. The molecule has 4 heteroatoms. The van der Waals surface area contributed by atoms with Gasteiger partial charge in [0.25, 0.3) is 0 Å². The molecule has 4 rings (SSSR count). The molecule has 3 nitrogen and oxygen atoms in total. The average Bonchev–Trinajstić information content (AvgIpc) is 3.09. The first-order chi connectivity index (χ1) is 11.8. The molecule has 0 aliphatic carbocycles. The smallest absolute Gasteiger partial charge is 0.0518 e. The van der Waals surface area contributed by atoms with Gasteiger partial charge in [-0.3, -0.25) is 4.98 Å². The third kappa shape index (κ3) is 3.71. The second-order valence-electron chi connectivity index (χ2n) is 5.54. The molecule has 0 saturated heterocycles. The van der Waals surface area contributed by atoms with Crippen LogP contribution in [-0.4, -0.2) is 15.1 Å². The second kappa shape index (κ2) is 7.74. The number of aromatic hydroxyl groups is 1. The summed E-state index contributed by atoms with van der Waals surface area (Å²) in [6.45, 7) is 0. The molecule has 0 aliphatic heterocycles. The van der Waals surface area contributed by atoms with Crippen LogP contribution >= 0.6 is 0 Å². The van der Waals surface area contributed by atoms with Gasteiger partial charge in [0.1, 0.15) is 0 Å². The summed E-state index contributed by atoms with van der Waals surface area (Å²) in [7, 11) is 0. The Labute approximate surface area is 170 Å². The molecule has 0 saturated carbocycles. The molecule has 2 heterocycles. The van der Waals surface area contributed by atoms with Crippen LogP contribution in [0.15, 0.2) is 79.1 Å². The monoisotopic (exact) mass is 549 g/mol. The van der Waals surface area contributed by atoms with E-state index in [1.807, 2.05) is 36.4 Å². The minimum absolute atomic E-state index is 0. The SMILES string of the molecule is Oc1[c-]ccc(-c2cc(-c3ccccc3)[nH]c2-c2ccncc2)c1.[U]. The molecule has 4 aromatic rings. The molecule has 120 valence electrons. The molecule has 0 atom stereocenters. The predicted octanol–water partition coefficient (Wildman–Crippen LogP) is 4.92. The first-order valence-electron chi connectivity index (χ1n) is 7.71. The number of H-pyrrole nitrogens is 1. The van der Waals surface area contributed by atoms with Crippen molar-refractivity contribution >= 4 is 0 Å². The van der Waals surface area contributed by atoms with E-state index >= 15 is 0 Å². The number of phenolic OH excluding ortho intramolecular Hbond substituents is 1. The van der Waals surface area contributed by atoms with E-state index in [0.29, 0.717) is 0 Å². The van der Waals surface area contributed by atoms with Crippen LogP contribution in [0.4, 0.5) is 0 Å². The van der Waals surface area contributed by atoms with E-state index in [1.54, 1.807) is 24.5 Å². The molecular weight excluding hydrogens is 534 g/mol. The third-order valence-corrected chi connectivity index (χ3v) is 3.97. The van der Waals surface area contributed by atoms with Gasteiger partial charge in [-0.25, -0.2) is 0 Å². The Kier molecular flexibility index (Phi) is 5.43. The molecule has 2 aromatic carbocycles. The fraction of sp³-hybridized carbons (Fsp3) is 0. The van der Waals surface area contributed by atoms with Gasteiger partial charge in [-0.15, -0.1) is 17.7 Å². The fourth-order valence-corrected chi connectivity index (χ4v) is 2.82. The van der Waals surface area contributed by atoms with Crippen molar-refractivity contribution in [2.45, 2.75) is 0 Å². The van der Waals surface area contributed by atoms with E-state index in [0.717, 1.165) is 33.6 Å². The predicted molar refractivity (Wildman–Crippen MR) is 95.4 cm³/mol. The minimum Gasteiger partial charge on any atom is -0.534 e. The molecule has 0 amide bonds. The maximum atomic E-state index is 9.78. The van der Waals surface area contributed by atoms with E-state index in [9.17, 15) is 5.11 Å². The molecule has 2 N–H and O–H groups in total. The van der Waals surface area contributed by atoms with Crippen molar-refractivity contribution in [3.63, 3.8) is 0 Å². The number of benzene rings is 2. The Bertz CT molecular complexity index is 966. The molecule has 0 bridgehead atoms. The Balaban J connectivity index is 0.00000182. The van der Waals surface area contributed by atoms with Crippen molar-refractivity contribution in [2.24, 2.45) is 0 Å². The first kappa shape index (κ1) is 17.5. The molecule has 0 fully saturated rings. The molecule has 0 unspecified atom stereocenters. The summed E-state index contributed by atoms with van der Waals surface area (Å²) in [5.41, 5.74) is 6.17. The summed E-state index contributed by atoms with van der Waals surface area (Å²) >= 11 is 0. The zero-order valence-electron chi connectivity index (χ0n) is 13.4. The van der Waals surface area contributed by atoms with Crippen LogP contribution in [0, 0.1) is 37.2 Å². The van der Waals surface area contributed by atoms with Gasteiger partial charge >= 0.3 is 0 Å². The van der Waals surface area contributed by atoms with Crippen LogP contribution in [0.3, 0.4) is 0 Å². The molecule has 25 heavy (non-hydrogen) atoms. The number of aromatic nitrogens is 2. The van der Waals surface area contributed by atoms with Crippen LogP contribution < -0.4 is 0 Å². The van der Waals surface area contributed by atoms with Crippen LogP contribution in [0.2, 0.25) is 0 Å². The van der Waals surface area contributed by atoms with E-state index in [1.165, 1.54) is 0 Å². The third-order valence-electron chi connectivity index (χ3n) is 3.97. The van der Waals surface area contributed by atoms with Crippen molar-refractivity contribution in [1.29, 1.82) is 0 Å². The van der Waals surface area contributed by atoms with Crippen molar-refractivity contribution in [2.75, 3.05) is 0 Å². The van der Waals surface area contributed by atoms with Gasteiger partial charge in [-0.2, -0.15) is 12.1 Å². The number of phenols is 1. The maximum Gasteiger partial charge on any atom is 0.0518 e. The number of hydrogen-bond acceptors (Lipinski definition) is 2. The second-order valence-corrected chi connectivity index (χ2v) is 5.54. The van der Waals surface area contributed by atoms with Crippen molar-refractivity contribution in [3.8, 4) is 39.4 Å². The molecule has 0 radical (unpaired) electrons. The van der Waals surface area contributed by atoms with Gasteiger partial charge in [0.05, 0.1) is 5.69 Å². The molecule has 2 aromatic heterocycles. The molecule has 0 aliphatic rings. The number of hydrogen-bond donors (Lipinski definition) is 2. The van der Waals surface area contributed by atoms with Crippen LogP contribution in [-0.2, 0) is 0 Å². The average molecular weight is 549 g/mol. The molecule has 0 spiro atoms. The molecular formula is C21H15N2OU-. The first-order valence-corrected chi connectivity index (χ1v) is 7.71. The van der Waals surface area contributed by atoms with Crippen LogP contribution in [0.1, 0.15) is 0 Å². The maximum absolute atomic E-state index is 9.78. The standard InChI is InChI=1S/C21H15N2O.U/c24-18-8-4-7-17(13-18)19-14-20(15-5-2-1-3-6-15)23-21(19)16-9-11-22-12-10-16;/h1-7,9-14,23-24H;/q-1;.